The largest absolute Gasteiger partial charge is 0.313 e. The van der Waals surface area contributed by atoms with Crippen LogP contribution in [0.15, 0.2) is 0 Å². The van der Waals surface area contributed by atoms with Crippen molar-refractivity contribution in [2.75, 3.05) is 12.3 Å². The SMILES string of the molecule is C1CNC2CCC2SC1. The Labute approximate surface area is 60.6 Å². The molecule has 0 aromatic rings. The molecule has 0 aromatic carbocycles. The van der Waals surface area contributed by atoms with Crippen LogP contribution in [0.25, 0.3) is 0 Å². The van der Waals surface area contributed by atoms with E-state index in [2.05, 4.69) is 17.1 Å². The zero-order valence-corrected chi connectivity index (χ0v) is 6.41. The summed E-state index contributed by atoms with van der Waals surface area (Å²) in [5, 5.41) is 4.54. The Kier molecular flexibility index (Phi) is 1.68. The smallest absolute Gasteiger partial charge is 0.0201 e. The lowest BCUT2D eigenvalue weighted by Gasteiger charge is -2.34. The Balaban J connectivity index is 1.90. The molecule has 2 heteroatoms. The van der Waals surface area contributed by atoms with Crippen molar-refractivity contribution in [3.05, 3.63) is 0 Å². The zero-order chi connectivity index (χ0) is 6.10. The fraction of sp³-hybridized carbons (Fsp3) is 1.00. The van der Waals surface area contributed by atoms with Gasteiger partial charge in [-0.2, -0.15) is 11.8 Å². The van der Waals surface area contributed by atoms with Crippen LogP contribution < -0.4 is 5.32 Å². The molecule has 0 radical (unpaired) electrons. The van der Waals surface area contributed by atoms with E-state index in [1.807, 2.05) is 0 Å². The fourth-order valence-electron chi connectivity index (χ4n) is 1.50. The van der Waals surface area contributed by atoms with Gasteiger partial charge in [0.05, 0.1) is 0 Å². The molecule has 2 fully saturated rings. The van der Waals surface area contributed by atoms with Crippen molar-refractivity contribution >= 4 is 11.8 Å². The van der Waals surface area contributed by atoms with Crippen molar-refractivity contribution in [1.29, 1.82) is 0 Å². The van der Waals surface area contributed by atoms with E-state index < -0.39 is 0 Å². The molecule has 9 heavy (non-hydrogen) atoms. The van der Waals surface area contributed by atoms with Gasteiger partial charge in [0.2, 0.25) is 0 Å². The Bertz CT molecular complexity index is 93.1. The highest BCUT2D eigenvalue weighted by Crippen LogP contribution is 2.33. The van der Waals surface area contributed by atoms with E-state index in [-0.39, 0.29) is 0 Å². The molecule has 0 bridgehead atoms. The maximum absolute atomic E-state index is 3.56. The van der Waals surface area contributed by atoms with E-state index >= 15 is 0 Å². The molecular weight excluding hydrogens is 130 g/mol. The van der Waals surface area contributed by atoms with Gasteiger partial charge in [0.15, 0.2) is 0 Å². The first-order chi connectivity index (χ1) is 4.47. The Morgan fingerprint density at radius 2 is 2.33 bits per heavy atom. The standard InChI is InChI=1S/C7H13NS/c1-4-8-6-2-3-7(6)9-5-1/h6-8H,1-5H2. The van der Waals surface area contributed by atoms with Crippen molar-refractivity contribution in [3.8, 4) is 0 Å². The number of thioether (sulfide) groups is 1. The highest BCUT2D eigenvalue weighted by atomic mass is 32.2. The van der Waals surface area contributed by atoms with Crippen LogP contribution in [0, 0.1) is 0 Å². The van der Waals surface area contributed by atoms with E-state index in [9.17, 15) is 0 Å². The highest BCUT2D eigenvalue weighted by molar-refractivity contribution is 8.00. The quantitative estimate of drug-likeness (QED) is 0.547. The molecule has 2 atom stereocenters. The minimum Gasteiger partial charge on any atom is -0.313 e. The van der Waals surface area contributed by atoms with Gasteiger partial charge in [-0.1, -0.05) is 0 Å². The first-order valence-electron chi connectivity index (χ1n) is 3.82. The van der Waals surface area contributed by atoms with Crippen LogP contribution >= 0.6 is 11.8 Å². The maximum Gasteiger partial charge on any atom is 0.0201 e. The van der Waals surface area contributed by atoms with Crippen LogP contribution in [0.2, 0.25) is 0 Å². The highest BCUT2D eigenvalue weighted by Gasteiger charge is 2.31. The van der Waals surface area contributed by atoms with Gasteiger partial charge in [-0.25, -0.2) is 0 Å². The second-order valence-corrected chi connectivity index (χ2v) is 4.25. The number of rotatable bonds is 0. The van der Waals surface area contributed by atoms with Gasteiger partial charge in [0.25, 0.3) is 0 Å². The summed E-state index contributed by atoms with van der Waals surface area (Å²) < 4.78 is 0. The first kappa shape index (κ1) is 6.05. The molecule has 1 aliphatic carbocycles. The lowest BCUT2D eigenvalue weighted by molar-refractivity contribution is 0.361. The monoisotopic (exact) mass is 143 g/mol. The second-order valence-electron chi connectivity index (χ2n) is 2.90. The van der Waals surface area contributed by atoms with Gasteiger partial charge in [-0.3, -0.25) is 0 Å². The summed E-state index contributed by atoms with van der Waals surface area (Å²) in [5.41, 5.74) is 0. The molecule has 1 saturated heterocycles. The summed E-state index contributed by atoms with van der Waals surface area (Å²) >= 11 is 2.17. The Morgan fingerprint density at radius 3 is 3.11 bits per heavy atom. The topological polar surface area (TPSA) is 12.0 Å². The van der Waals surface area contributed by atoms with Gasteiger partial charge >= 0.3 is 0 Å². The molecule has 1 N–H and O–H groups in total. The van der Waals surface area contributed by atoms with Crippen LogP contribution in [0.1, 0.15) is 19.3 Å². The van der Waals surface area contributed by atoms with E-state index in [1.165, 1.54) is 31.6 Å². The lowest BCUT2D eigenvalue weighted by atomic mass is 9.92. The number of nitrogens with one attached hydrogen (secondary N) is 1. The van der Waals surface area contributed by atoms with Gasteiger partial charge in [0, 0.05) is 11.3 Å². The normalized spacial score (nSPS) is 42.7. The third kappa shape index (κ3) is 1.10. The summed E-state index contributed by atoms with van der Waals surface area (Å²) in [7, 11) is 0. The van der Waals surface area contributed by atoms with E-state index in [0.717, 1.165) is 11.3 Å². The summed E-state index contributed by atoms with van der Waals surface area (Å²) in [4.78, 5) is 0. The molecule has 2 aliphatic rings. The zero-order valence-electron chi connectivity index (χ0n) is 5.60. The average Bonchev–Trinajstić information content (AvgIpc) is 1.94. The summed E-state index contributed by atoms with van der Waals surface area (Å²) in [5.74, 6) is 1.38. The molecule has 2 rings (SSSR count). The third-order valence-electron chi connectivity index (χ3n) is 2.27. The Morgan fingerprint density at radius 1 is 1.33 bits per heavy atom. The van der Waals surface area contributed by atoms with Crippen LogP contribution in [0.5, 0.6) is 0 Å². The second kappa shape index (κ2) is 2.51. The Hall–Kier alpha value is 0.310. The van der Waals surface area contributed by atoms with Crippen LogP contribution in [-0.2, 0) is 0 Å². The summed E-state index contributed by atoms with van der Waals surface area (Å²) in [6, 6.07) is 0.887. The van der Waals surface area contributed by atoms with E-state index in [1.54, 1.807) is 0 Å². The molecule has 1 aliphatic heterocycles. The molecule has 1 nitrogen and oxygen atoms in total. The van der Waals surface area contributed by atoms with Crippen molar-refractivity contribution in [2.24, 2.45) is 0 Å². The van der Waals surface area contributed by atoms with Crippen molar-refractivity contribution in [2.45, 2.75) is 30.6 Å². The van der Waals surface area contributed by atoms with Crippen LogP contribution in [-0.4, -0.2) is 23.6 Å². The minimum absolute atomic E-state index is 0.887. The number of hydrogen-bond acceptors (Lipinski definition) is 2. The predicted octanol–water partition coefficient (Wildman–Crippen LogP) is 1.24. The molecule has 52 valence electrons. The van der Waals surface area contributed by atoms with Gasteiger partial charge in [-0.15, -0.1) is 0 Å². The number of fused-ring (bicyclic) bond motifs is 1. The molecule has 0 amide bonds. The molecule has 1 saturated carbocycles. The predicted molar refractivity (Wildman–Crippen MR) is 41.9 cm³/mol. The number of hydrogen-bond donors (Lipinski definition) is 1. The third-order valence-corrected chi connectivity index (χ3v) is 3.79. The molecule has 2 unspecified atom stereocenters. The average molecular weight is 143 g/mol. The summed E-state index contributed by atoms with van der Waals surface area (Å²) in [6.45, 7) is 1.26. The van der Waals surface area contributed by atoms with Crippen LogP contribution in [0.4, 0.5) is 0 Å². The lowest BCUT2D eigenvalue weighted by Crippen LogP contribution is -2.44. The van der Waals surface area contributed by atoms with Crippen molar-refractivity contribution in [3.63, 3.8) is 0 Å². The van der Waals surface area contributed by atoms with E-state index in [4.69, 9.17) is 0 Å². The van der Waals surface area contributed by atoms with Crippen LogP contribution in [0.3, 0.4) is 0 Å². The van der Waals surface area contributed by atoms with Crippen molar-refractivity contribution in [1.82, 2.24) is 5.32 Å². The van der Waals surface area contributed by atoms with Gasteiger partial charge in [-0.05, 0) is 31.6 Å². The minimum atomic E-state index is 0.887. The molecule has 0 aromatic heterocycles. The molecule has 1 heterocycles. The van der Waals surface area contributed by atoms with Gasteiger partial charge < -0.3 is 5.32 Å². The maximum atomic E-state index is 3.56. The first-order valence-corrected chi connectivity index (χ1v) is 4.87. The van der Waals surface area contributed by atoms with Crippen molar-refractivity contribution < 1.29 is 0 Å². The van der Waals surface area contributed by atoms with E-state index in [0.29, 0.717) is 0 Å². The molecular formula is C7H13NS. The fourth-order valence-corrected chi connectivity index (χ4v) is 2.88. The molecule has 0 spiro atoms. The summed E-state index contributed by atoms with van der Waals surface area (Å²) in [6.07, 6.45) is 4.26. The van der Waals surface area contributed by atoms with Gasteiger partial charge in [0.1, 0.15) is 0 Å².